The lowest BCUT2D eigenvalue weighted by Gasteiger charge is -2.44. The molecular weight excluding hydrogens is 570 g/mol. The lowest BCUT2D eigenvalue weighted by atomic mass is 9.83. The van der Waals surface area contributed by atoms with E-state index >= 15 is 0 Å². The third-order valence-corrected chi connectivity index (χ3v) is 8.32. The molecule has 238 valence electrons. The van der Waals surface area contributed by atoms with Crippen LogP contribution >= 0.6 is 0 Å². The molecule has 9 nitrogen and oxygen atoms in total. The summed E-state index contributed by atoms with van der Waals surface area (Å²) in [5.74, 6) is 2.31. The molecule has 2 atom stereocenters. The van der Waals surface area contributed by atoms with Gasteiger partial charge in [-0.1, -0.05) is 48.5 Å². The molecule has 2 aliphatic rings. The fraction of sp³-hybridized carbons (Fsp3) is 0.389. The van der Waals surface area contributed by atoms with Crippen molar-refractivity contribution in [1.82, 2.24) is 15.5 Å². The molecule has 0 aromatic heterocycles. The molecule has 2 bridgehead atoms. The Bertz CT molecular complexity index is 1490. The maximum Gasteiger partial charge on any atom is 0.249 e. The third-order valence-electron chi connectivity index (χ3n) is 8.32. The van der Waals surface area contributed by atoms with Crippen LogP contribution in [0.15, 0.2) is 78.4 Å². The number of nitrogens with one attached hydrogen (secondary N) is 2. The van der Waals surface area contributed by atoms with E-state index in [1.807, 2.05) is 77.7 Å². The molecule has 9 heteroatoms. The van der Waals surface area contributed by atoms with Crippen LogP contribution in [-0.4, -0.2) is 75.9 Å². The summed E-state index contributed by atoms with van der Waals surface area (Å²) in [5.41, 5.74) is 4.75. The number of fused-ring (bicyclic) bond motifs is 2. The number of nitrogens with zero attached hydrogens (tertiary/aromatic N) is 1. The summed E-state index contributed by atoms with van der Waals surface area (Å²) in [4.78, 5) is 27.8. The van der Waals surface area contributed by atoms with Gasteiger partial charge in [-0.2, -0.15) is 0 Å². The first kappa shape index (κ1) is 32.1. The van der Waals surface area contributed by atoms with E-state index in [1.165, 1.54) is 0 Å². The molecule has 2 aliphatic heterocycles. The Labute approximate surface area is 265 Å². The molecule has 2 heterocycles. The van der Waals surface area contributed by atoms with Gasteiger partial charge in [0.1, 0.15) is 17.2 Å². The van der Waals surface area contributed by atoms with Gasteiger partial charge in [0.05, 0.1) is 40.1 Å². The summed E-state index contributed by atoms with van der Waals surface area (Å²) in [7, 11) is 3.31. The summed E-state index contributed by atoms with van der Waals surface area (Å²) in [6, 6.07) is 23.5. The van der Waals surface area contributed by atoms with Gasteiger partial charge in [0.15, 0.2) is 0 Å². The van der Waals surface area contributed by atoms with Crippen molar-refractivity contribution >= 4 is 17.4 Å². The predicted molar refractivity (Wildman–Crippen MR) is 173 cm³/mol. The van der Waals surface area contributed by atoms with Gasteiger partial charge in [0, 0.05) is 50.2 Å². The second-order valence-electron chi connectivity index (χ2n) is 11.3. The average molecular weight is 614 g/mol. The molecule has 5 rings (SSSR count). The first-order chi connectivity index (χ1) is 22.0. The number of para-hydroxylation sites is 2. The smallest absolute Gasteiger partial charge is 0.249 e. The Hall–Kier alpha value is -4.34. The summed E-state index contributed by atoms with van der Waals surface area (Å²) in [6.45, 7) is 4.74. The molecule has 0 spiro atoms. The highest BCUT2D eigenvalue weighted by atomic mass is 16.5. The second-order valence-corrected chi connectivity index (χ2v) is 11.3. The summed E-state index contributed by atoms with van der Waals surface area (Å²) < 4.78 is 22.6. The van der Waals surface area contributed by atoms with Gasteiger partial charge < -0.3 is 34.5 Å². The van der Waals surface area contributed by atoms with E-state index in [-0.39, 0.29) is 23.9 Å². The molecular formula is C36H43N3O6. The highest BCUT2D eigenvalue weighted by Crippen LogP contribution is 2.34. The summed E-state index contributed by atoms with van der Waals surface area (Å²) in [5, 5.41) is 6.72. The maximum atomic E-state index is 13.7. The van der Waals surface area contributed by atoms with Crippen LogP contribution < -0.4 is 24.8 Å². The number of ether oxygens (including phenoxy) is 4. The van der Waals surface area contributed by atoms with Gasteiger partial charge in [-0.25, -0.2) is 0 Å². The zero-order valence-electron chi connectivity index (χ0n) is 26.3. The summed E-state index contributed by atoms with van der Waals surface area (Å²) in [6.07, 6.45) is 2.05. The van der Waals surface area contributed by atoms with Gasteiger partial charge >= 0.3 is 0 Å². The fourth-order valence-corrected chi connectivity index (χ4v) is 6.06. The lowest BCUT2D eigenvalue weighted by molar-refractivity contribution is -0.131. The van der Waals surface area contributed by atoms with Crippen molar-refractivity contribution < 1.29 is 28.5 Å². The molecule has 1 fully saturated rings. The molecule has 3 aromatic carbocycles. The Morgan fingerprint density at radius 3 is 2.29 bits per heavy atom. The number of rotatable bonds is 14. The molecule has 0 unspecified atom stereocenters. The van der Waals surface area contributed by atoms with E-state index < -0.39 is 0 Å². The van der Waals surface area contributed by atoms with Crippen molar-refractivity contribution in [3.63, 3.8) is 0 Å². The fourth-order valence-electron chi connectivity index (χ4n) is 6.06. The topological polar surface area (TPSA) is 98.4 Å². The molecule has 1 saturated heterocycles. The Kier molecular flexibility index (Phi) is 11.1. The van der Waals surface area contributed by atoms with Crippen molar-refractivity contribution in [2.45, 2.75) is 44.9 Å². The van der Waals surface area contributed by atoms with Gasteiger partial charge in [-0.3, -0.25) is 9.59 Å². The van der Waals surface area contributed by atoms with Gasteiger partial charge in [0.25, 0.3) is 0 Å². The van der Waals surface area contributed by atoms with Crippen LogP contribution in [0.5, 0.6) is 17.2 Å². The molecule has 3 aromatic rings. The zero-order chi connectivity index (χ0) is 31.6. The number of amides is 2. The number of hydrogen-bond acceptors (Lipinski definition) is 7. The van der Waals surface area contributed by atoms with E-state index in [2.05, 4.69) is 10.6 Å². The first-order valence-corrected chi connectivity index (χ1v) is 15.5. The predicted octanol–water partition coefficient (Wildman–Crippen LogP) is 4.39. The Morgan fingerprint density at radius 1 is 0.889 bits per heavy atom. The minimum atomic E-state index is -0.241. The van der Waals surface area contributed by atoms with E-state index in [4.69, 9.17) is 18.9 Å². The van der Waals surface area contributed by atoms with E-state index in [1.54, 1.807) is 21.1 Å². The van der Waals surface area contributed by atoms with Crippen LogP contribution in [0.1, 0.15) is 36.5 Å². The number of carbonyl (C=O) groups is 2. The SMILES string of the molecule is COc1ccccc1CCNC(=O)C1=C(c2ccc(OCCCOCc3ccccc3OC)cc2)C[C@@H]2CN(C(C)=O)C[C@H]1N2. The minimum absolute atomic E-state index is 0.0255. The van der Waals surface area contributed by atoms with Gasteiger partial charge in [-0.05, 0) is 53.8 Å². The van der Waals surface area contributed by atoms with Crippen molar-refractivity contribution in [1.29, 1.82) is 0 Å². The van der Waals surface area contributed by atoms with Crippen LogP contribution in [0.4, 0.5) is 0 Å². The van der Waals surface area contributed by atoms with Crippen LogP contribution in [0.3, 0.4) is 0 Å². The number of piperazine rings is 1. The van der Waals surface area contributed by atoms with E-state index in [0.717, 1.165) is 45.9 Å². The van der Waals surface area contributed by atoms with E-state index in [0.29, 0.717) is 57.9 Å². The van der Waals surface area contributed by atoms with Gasteiger partial charge in [-0.15, -0.1) is 0 Å². The first-order valence-electron chi connectivity index (χ1n) is 15.5. The second kappa shape index (κ2) is 15.6. The molecule has 2 N–H and O–H groups in total. The molecule has 0 radical (unpaired) electrons. The van der Waals surface area contributed by atoms with Crippen molar-refractivity contribution in [3.05, 3.63) is 95.1 Å². The van der Waals surface area contributed by atoms with Crippen LogP contribution in [0, 0.1) is 0 Å². The minimum Gasteiger partial charge on any atom is -0.496 e. The quantitative estimate of drug-likeness (QED) is 0.260. The molecule has 45 heavy (non-hydrogen) atoms. The van der Waals surface area contributed by atoms with E-state index in [9.17, 15) is 9.59 Å². The zero-order valence-corrected chi connectivity index (χ0v) is 26.3. The number of benzene rings is 3. The van der Waals surface area contributed by atoms with Crippen LogP contribution in [0.25, 0.3) is 5.57 Å². The molecule has 0 saturated carbocycles. The molecule has 0 aliphatic carbocycles. The van der Waals surface area contributed by atoms with Crippen LogP contribution in [0.2, 0.25) is 0 Å². The van der Waals surface area contributed by atoms with Crippen molar-refractivity contribution in [3.8, 4) is 17.2 Å². The third kappa shape index (κ3) is 8.23. The monoisotopic (exact) mass is 613 g/mol. The number of carbonyl (C=O) groups excluding carboxylic acids is 2. The van der Waals surface area contributed by atoms with Gasteiger partial charge in [0.2, 0.25) is 11.8 Å². The number of hydrogen-bond donors (Lipinski definition) is 2. The maximum absolute atomic E-state index is 13.7. The van der Waals surface area contributed by atoms with Crippen molar-refractivity contribution in [2.75, 3.05) is 47.1 Å². The Balaban J connectivity index is 1.21. The normalized spacial score (nSPS) is 17.5. The average Bonchev–Trinajstić information content (AvgIpc) is 3.06. The highest BCUT2D eigenvalue weighted by molar-refractivity contribution is 6.03. The summed E-state index contributed by atoms with van der Waals surface area (Å²) >= 11 is 0. The Morgan fingerprint density at radius 2 is 1.58 bits per heavy atom. The number of methoxy groups -OCH3 is 2. The standard InChI is InChI=1S/C36H43N3O6/c1-25(40)39-22-29-21-31(35(32(23-39)38-29)36(41)37-18-17-27-9-4-6-11-33(27)42-2)26-13-15-30(16-14-26)45-20-8-19-44-24-28-10-5-7-12-34(28)43-3/h4-7,9-16,29,32,38H,8,17-24H2,1-3H3,(H,37,41)/t29-,32-/m1/s1. The van der Waals surface area contributed by atoms with Crippen molar-refractivity contribution in [2.24, 2.45) is 0 Å². The highest BCUT2D eigenvalue weighted by Gasteiger charge is 2.39. The lowest BCUT2D eigenvalue weighted by Crippen LogP contribution is -2.61. The van der Waals surface area contributed by atoms with Crippen LogP contribution in [-0.2, 0) is 27.4 Å². The largest absolute Gasteiger partial charge is 0.496 e. The molecule has 2 amide bonds.